The summed E-state index contributed by atoms with van der Waals surface area (Å²) in [5.41, 5.74) is 0. The van der Waals surface area contributed by atoms with Crippen LogP contribution in [-0.4, -0.2) is 60.0 Å². The average Bonchev–Trinajstić information content (AvgIpc) is 2.45. The van der Waals surface area contributed by atoms with Crippen LogP contribution in [0.5, 0.6) is 0 Å². The second-order valence-corrected chi connectivity index (χ2v) is 2.83. The molecule has 0 aliphatic heterocycles. The van der Waals surface area contributed by atoms with Gasteiger partial charge in [-0.25, -0.2) is 38.4 Å². The molecule has 0 rings (SSSR count). The summed E-state index contributed by atoms with van der Waals surface area (Å²) in [6.07, 6.45) is 0. The fourth-order valence-electron chi connectivity index (χ4n) is 0.588. The number of aliphatic carboxylic acids is 1. The van der Waals surface area contributed by atoms with E-state index in [1.807, 2.05) is 0 Å². The van der Waals surface area contributed by atoms with Crippen LogP contribution in [0.4, 0.5) is 0 Å². The number of rotatable bonds is 0. The number of carbonyl (C=O) groups is 8. The van der Waals surface area contributed by atoms with Crippen molar-refractivity contribution in [1.82, 2.24) is 0 Å². The second kappa shape index (κ2) is 7.83. The van der Waals surface area contributed by atoms with Crippen molar-refractivity contribution >= 4 is 47.8 Å². The summed E-state index contributed by atoms with van der Waals surface area (Å²) >= 11 is 0. The predicted octanol–water partition coefficient (Wildman–Crippen LogP) is -3.55. The number of ether oxygens (including phenoxy) is 4. The first-order chi connectivity index (χ1) is 10.1. The molecule has 0 heterocycles. The summed E-state index contributed by atoms with van der Waals surface area (Å²) in [5.74, 6) is -16.8. The molecule has 0 aliphatic carbocycles. The van der Waals surface area contributed by atoms with E-state index in [1.54, 1.807) is 0 Å². The van der Waals surface area contributed by atoms with Gasteiger partial charge in [0.15, 0.2) is 0 Å². The summed E-state index contributed by atoms with van der Waals surface area (Å²) in [4.78, 5) is 85.1. The molecule has 1 N–H and O–H groups in total. The minimum atomic E-state index is -2.25. The Kier molecular flexibility index (Phi) is 6.53. The zero-order valence-corrected chi connectivity index (χ0v) is 10.3. The van der Waals surface area contributed by atoms with Crippen molar-refractivity contribution in [2.45, 2.75) is 0 Å². The van der Waals surface area contributed by atoms with Crippen LogP contribution in [0.25, 0.3) is 0 Å². The molecular weight excluding hydrogens is 316 g/mol. The lowest BCUT2D eigenvalue weighted by Gasteiger charge is -2.01. The lowest BCUT2D eigenvalue weighted by molar-refractivity contribution is -0.185. The molecule has 0 saturated heterocycles. The Morgan fingerprint density at radius 1 is 0.545 bits per heavy atom. The lowest BCUT2D eigenvalue weighted by Crippen LogP contribution is -2.33. The Morgan fingerprint density at radius 2 is 0.818 bits per heavy atom. The normalized spacial score (nSPS) is 8.95. The molecule has 13 nitrogen and oxygen atoms in total. The van der Waals surface area contributed by atoms with Crippen LogP contribution >= 0.6 is 0 Å². The van der Waals surface area contributed by atoms with E-state index in [1.165, 1.54) is 0 Å². The zero-order chi connectivity index (χ0) is 17.4. The average molecular weight is 320 g/mol. The molecule has 118 valence electrons. The van der Waals surface area contributed by atoms with Crippen LogP contribution < -0.4 is 0 Å². The zero-order valence-electron chi connectivity index (χ0n) is 10.3. The second-order valence-electron chi connectivity index (χ2n) is 2.83. The number of esters is 7. The molecule has 0 aromatic carbocycles. The molecule has 0 amide bonds. The van der Waals surface area contributed by atoms with Crippen LogP contribution in [0.15, 0.2) is 0 Å². The van der Waals surface area contributed by atoms with Gasteiger partial charge in [-0.2, -0.15) is 0 Å². The molecule has 0 unspecified atom stereocenters. The highest BCUT2D eigenvalue weighted by Gasteiger charge is 2.32. The maximum absolute atomic E-state index is 10.9. The van der Waals surface area contributed by atoms with Gasteiger partial charge in [0.1, 0.15) is 0 Å². The predicted molar refractivity (Wildman–Crippen MR) is 52.9 cm³/mol. The number of methoxy groups -OCH3 is 1. The van der Waals surface area contributed by atoms with Gasteiger partial charge >= 0.3 is 47.8 Å². The molecule has 0 aliphatic rings. The van der Waals surface area contributed by atoms with Gasteiger partial charge in [0.2, 0.25) is 0 Å². The molecule has 0 aromatic rings. The van der Waals surface area contributed by atoms with Crippen molar-refractivity contribution in [2.75, 3.05) is 7.11 Å². The topological polar surface area (TPSA) is 194 Å². The molecule has 0 radical (unpaired) electrons. The highest BCUT2D eigenvalue weighted by Crippen LogP contribution is 1.92. The SMILES string of the molecule is COC(=O)C(=O)OC(=O)C(=O)OC(=O)C(=O)OC(=O)C(=O)O. The van der Waals surface area contributed by atoms with Crippen molar-refractivity contribution in [1.29, 1.82) is 0 Å². The number of carbonyl (C=O) groups excluding carboxylic acids is 7. The summed E-state index contributed by atoms with van der Waals surface area (Å²) in [6, 6.07) is 0. The smallest absolute Gasteiger partial charge is 0.426 e. The molecule has 0 bridgehead atoms. The molecular formula is C9H4O13. The van der Waals surface area contributed by atoms with Gasteiger partial charge in [-0.05, 0) is 0 Å². The van der Waals surface area contributed by atoms with Gasteiger partial charge in [0.25, 0.3) is 0 Å². The number of carboxylic acids is 1. The van der Waals surface area contributed by atoms with Gasteiger partial charge in [-0.15, -0.1) is 0 Å². The van der Waals surface area contributed by atoms with Crippen molar-refractivity contribution in [3.05, 3.63) is 0 Å². The van der Waals surface area contributed by atoms with Crippen LogP contribution in [-0.2, 0) is 57.3 Å². The minimum Gasteiger partial charge on any atom is -0.473 e. The quantitative estimate of drug-likeness (QED) is 0.199. The Morgan fingerprint density at radius 3 is 1.09 bits per heavy atom. The lowest BCUT2D eigenvalue weighted by atomic mass is 10.6. The van der Waals surface area contributed by atoms with Crippen molar-refractivity contribution in [3.63, 3.8) is 0 Å². The van der Waals surface area contributed by atoms with Crippen molar-refractivity contribution in [2.24, 2.45) is 0 Å². The Bertz CT molecular complexity index is 582. The third kappa shape index (κ3) is 5.55. The highest BCUT2D eigenvalue weighted by atomic mass is 16.7. The largest absolute Gasteiger partial charge is 0.473 e. The Labute approximate surface area is 118 Å². The summed E-state index contributed by atoms with van der Waals surface area (Å²) in [6.45, 7) is 0. The van der Waals surface area contributed by atoms with Crippen LogP contribution in [0, 0.1) is 0 Å². The maximum atomic E-state index is 10.9. The van der Waals surface area contributed by atoms with Gasteiger partial charge in [0.05, 0.1) is 7.11 Å². The molecule has 0 fully saturated rings. The van der Waals surface area contributed by atoms with Gasteiger partial charge in [-0.3, -0.25) is 0 Å². The standard InChI is InChI=1S/C9H4O13/c1-19-4(13)5(14)21-8(17)9(18)22-7(16)6(15)20-3(12)2(10)11/h1H3,(H,10,11). The molecule has 0 saturated carbocycles. The number of hydrogen-bond donors (Lipinski definition) is 1. The van der Waals surface area contributed by atoms with Crippen molar-refractivity contribution in [3.8, 4) is 0 Å². The van der Waals surface area contributed by atoms with Crippen LogP contribution in [0.2, 0.25) is 0 Å². The monoisotopic (exact) mass is 320 g/mol. The van der Waals surface area contributed by atoms with E-state index >= 15 is 0 Å². The third-order valence-corrected chi connectivity index (χ3v) is 1.42. The van der Waals surface area contributed by atoms with Gasteiger partial charge in [0, 0.05) is 0 Å². The highest BCUT2D eigenvalue weighted by molar-refractivity contribution is 6.44. The first kappa shape index (κ1) is 18.4. The van der Waals surface area contributed by atoms with Crippen LogP contribution in [0.1, 0.15) is 0 Å². The molecule has 0 spiro atoms. The number of carboxylic acid groups (broad SMARTS) is 1. The first-order valence-corrected chi connectivity index (χ1v) is 4.69. The Balaban J connectivity index is 4.56. The van der Waals surface area contributed by atoms with E-state index in [0.717, 1.165) is 7.11 Å². The fourth-order valence-corrected chi connectivity index (χ4v) is 0.588. The summed E-state index contributed by atoms with van der Waals surface area (Å²) < 4.78 is 14.3. The minimum absolute atomic E-state index is 0.755. The third-order valence-electron chi connectivity index (χ3n) is 1.42. The molecule has 0 aromatic heterocycles. The van der Waals surface area contributed by atoms with Gasteiger partial charge in [-0.1, -0.05) is 0 Å². The maximum Gasteiger partial charge on any atom is 0.426 e. The van der Waals surface area contributed by atoms with Gasteiger partial charge < -0.3 is 24.1 Å². The number of hydrogen-bond acceptors (Lipinski definition) is 12. The summed E-state index contributed by atoms with van der Waals surface area (Å²) in [5, 5.41) is 8.06. The van der Waals surface area contributed by atoms with E-state index in [4.69, 9.17) is 5.11 Å². The molecule has 22 heavy (non-hydrogen) atoms. The fraction of sp³-hybridized carbons (Fsp3) is 0.111. The van der Waals surface area contributed by atoms with E-state index in [9.17, 15) is 38.4 Å². The van der Waals surface area contributed by atoms with E-state index in [0.29, 0.717) is 0 Å². The molecule has 0 atom stereocenters. The van der Waals surface area contributed by atoms with E-state index < -0.39 is 47.8 Å². The van der Waals surface area contributed by atoms with E-state index in [-0.39, 0.29) is 0 Å². The van der Waals surface area contributed by atoms with E-state index in [2.05, 4.69) is 18.9 Å². The Hall–Kier alpha value is -3.64. The first-order valence-electron chi connectivity index (χ1n) is 4.69. The summed E-state index contributed by atoms with van der Waals surface area (Å²) in [7, 11) is 0.755. The molecule has 13 heteroatoms. The van der Waals surface area contributed by atoms with Crippen LogP contribution in [0.3, 0.4) is 0 Å². The van der Waals surface area contributed by atoms with Crippen molar-refractivity contribution < 1.29 is 62.4 Å².